The van der Waals surface area contributed by atoms with Gasteiger partial charge in [-0.1, -0.05) is 0 Å². The van der Waals surface area contributed by atoms with Crippen LogP contribution in [0.15, 0.2) is 12.1 Å². The quantitative estimate of drug-likeness (QED) is 0.318. The van der Waals surface area contributed by atoms with Crippen molar-refractivity contribution in [2.75, 3.05) is 0 Å². The molecule has 0 heterocycles. The van der Waals surface area contributed by atoms with Crippen LogP contribution in [0.3, 0.4) is 0 Å². The minimum absolute atomic E-state index is 0.144. The first-order chi connectivity index (χ1) is 11.0. The molecule has 0 N–H and O–H groups in total. The van der Waals surface area contributed by atoms with Crippen molar-refractivity contribution >= 4 is 28.2 Å². The molecule has 0 saturated carbocycles. The molecule has 4 heteroatoms. The van der Waals surface area contributed by atoms with E-state index in [-0.39, 0.29) is 5.56 Å². The Kier molecular flexibility index (Phi) is 9.33. The molecule has 0 aliphatic carbocycles. The van der Waals surface area contributed by atoms with E-state index >= 15 is 0 Å². The van der Waals surface area contributed by atoms with Gasteiger partial charge in [0.1, 0.15) is 0 Å². The molecular weight excluding hydrogens is 401 g/mol. The number of rotatable bonds is 11. The topological polar surface area (TPSA) is 17.1 Å². The van der Waals surface area contributed by atoms with Crippen molar-refractivity contribution in [1.29, 1.82) is 0 Å². The van der Waals surface area contributed by atoms with Gasteiger partial charge in [0.05, 0.1) is 0 Å². The van der Waals surface area contributed by atoms with Gasteiger partial charge in [-0.3, -0.25) is 0 Å². The molecule has 0 saturated heterocycles. The molecule has 23 heavy (non-hydrogen) atoms. The maximum atomic E-state index is 14.2. The Bertz CT molecular complexity index is 481. The molecule has 0 bridgehead atoms. The van der Waals surface area contributed by atoms with Crippen molar-refractivity contribution in [3.63, 3.8) is 0 Å². The Morgan fingerprint density at radius 2 is 1.39 bits per heavy atom. The molecule has 1 aromatic carbocycles. The zero-order valence-corrected chi connectivity index (χ0v) is 17.6. The average Bonchev–Trinajstić information content (AvgIpc) is 2.54. The Morgan fingerprint density at radius 1 is 0.913 bits per heavy atom. The number of benzene rings is 1. The third-order valence-electron chi connectivity index (χ3n) is 4.81. The van der Waals surface area contributed by atoms with Gasteiger partial charge in [0.25, 0.3) is 0 Å². The summed E-state index contributed by atoms with van der Waals surface area (Å²) in [4.78, 5) is 11.5. The van der Waals surface area contributed by atoms with Crippen LogP contribution >= 0.6 is 0 Å². The summed E-state index contributed by atoms with van der Waals surface area (Å²) in [5, 5.41) is 0. The molecule has 1 rings (SSSR count). The summed E-state index contributed by atoms with van der Waals surface area (Å²) in [7, 11) is 0. The maximum absolute atomic E-state index is 14.2. The number of hydrogen-bond donors (Lipinski definition) is 0. The first kappa shape index (κ1) is 20.6. The van der Waals surface area contributed by atoms with Crippen LogP contribution in [-0.2, 0) is 0 Å². The van der Waals surface area contributed by atoms with E-state index in [0.29, 0.717) is 6.29 Å². The molecule has 0 fully saturated rings. The van der Waals surface area contributed by atoms with Crippen LogP contribution in [0, 0.1) is 11.6 Å². The normalized spacial score (nSPS) is 11.7. The fourth-order valence-electron chi connectivity index (χ4n) is 3.47. The van der Waals surface area contributed by atoms with Gasteiger partial charge in [-0.15, -0.1) is 0 Å². The van der Waals surface area contributed by atoms with E-state index in [9.17, 15) is 13.6 Å². The average molecular weight is 431 g/mol. The van der Waals surface area contributed by atoms with E-state index in [2.05, 4.69) is 20.8 Å². The SMILES string of the molecule is CCC[CH2][Sn]([CH2]CCC)([CH2]CCC)[c]1cc(F)cc(F)c1C=O. The summed E-state index contributed by atoms with van der Waals surface area (Å²) in [5.41, 5.74) is 0.144. The standard InChI is InChI=1S/C7H3F2O.3C4H9.Sn/c8-6-2-1-5(4-10)7(9)3-6;3*1-3-4-2;/h2-4H;3*1,3-4H2,2H3;. The molecule has 0 spiro atoms. The first-order valence-electron chi connectivity index (χ1n) is 8.99. The zero-order valence-electron chi connectivity index (χ0n) is 14.8. The van der Waals surface area contributed by atoms with Crippen molar-refractivity contribution < 1.29 is 13.6 Å². The number of unbranched alkanes of at least 4 members (excludes halogenated alkanes) is 3. The van der Waals surface area contributed by atoms with Gasteiger partial charge in [-0.25, -0.2) is 0 Å². The molecule has 130 valence electrons. The van der Waals surface area contributed by atoms with Crippen molar-refractivity contribution in [2.45, 2.75) is 72.6 Å². The van der Waals surface area contributed by atoms with Gasteiger partial charge < -0.3 is 0 Å². The van der Waals surface area contributed by atoms with Crippen molar-refractivity contribution in [1.82, 2.24) is 0 Å². The zero-order chi connectivity index (χ0) is 17.3. The summed E-state index contributed by atoms with van der Waals surface area (Å²) in [6, 6.07) is 2.34. The van der Waals surface area contributed by atoms with Crippen molar-refractivity contribution in [2.24, 2.45) is 0 Å². The Balaban J connectivity index is 3.42. The molecule has 0 aromatic heterocycles. The summed E-state index contributed by atoms with van der Waals surface area (Å²) in [6.07, 6.45) is 7.17. The van der Waals surface area contributed by atoms with Crippen LogP contribution in [0.25, 0.3) is 0 Å². The van der Waals surface area contributed by atoms with E-state index in [1.165, 1.54) is 6.07 Å². The van der Waals surface area contributed by atoms with Crippen LogP contribution in [-0.4, -0.2) is 24.7 Å². The number of carbonyl (C=O) groups is 1. The summed E-state index contributed by atoms with van der Waals surface area (Å²) in [6.45, 7) is 6.47. The number of aldehydes is 1. The molecule has 1 nitrogen and oxygen atoms in total. The van der Waals surface area contributed by atoms with E-state index in [1.54, 1.807) is 0 Å². The molecule has 1 aromatic rings. The van der Waals surface area contributed by atoms with Gasteiger partial charge in [0.15, 0.2) is 0 Å². The Morgan fingerprint density at radius 3 is 1.78 bits per heavy atom. The van der Waals surface area contributed by atoms with Gasteiger partial charge in [-0.2, -0.15) is 0 Å². The Labute approximate surface area is 143 Å². The predicted octanol–water partition coefficient (Wildman–Crippen LogP) is 5.83. The Hall–Kier alpha value is -0.451. The minimum atomic E-state index is -2.99. The van der Waals surface area contributed by atoms with Crippen LogP contribution < -0.4 is 3.58 Å². The van der Waals surface area contributed by atoms with Gasteiger partial charge in [0, 0.05) is 0 Å². The second-order valence-electron chi connectivity index (χ2n) is 6.56. The third kappa shape index (κ3) is 5.54. The fraction of sp³-hybridized carbons (Fsp3) is 0.632. The molecule has 0 atom stereocenters. The molecule has 0 radical (unpaired) electrons. The van der Waals surface area contributed by atoms with Crippen molar-refractivity contribution in [3.05, 3.63) is 29.3 Å². The molecule has 0 amide bonds. The summed E-state index contributed by atoms with van der Waals surface area (Å²) in [5.74, 6) is -1.21. The van der Waals surface area contributed by atoms with E-state index in [4.69, 9.17) is 0 Å². The van der Waals surface area contributed by atoms with Gasteiger partial charge in [-0.05, 0) is 0 Å². The van der Waals surface area contributed by atoms with E-state index < -0.39 is 30.0 Å². The summed E-state index contributed by atoms with van der Waals surface area (Å²) < 4.78 is 32.2. The monoisotopic (exact) mass is 432 g/mol. The van der Waals surface area contributed by atoms with Crippen LogP contribution in [0.1, 0.15) is 69.7 Å². The second kappa shape index (κ2) is 10.4. The van der Waals surface area contributed by atoms with Crippen LogP contribution in [0.4, 0.5) is 8.78 Å². The molecule has 0 unspecified atom stereocenters. The van der Waals surface area contributed by atoms with Crippen molar-refractivity contribution in [3.8, 4) is 0 Å². The van der Waals surface area contributed by atoms with Crippen LogP contribution in [0.2, 0.25) is 13.3 Å². The molecule has 0 aliphatic rings. The number of hydrogen-bond acceptors (Lipinski definition) is 1. The third-order valence-corrected chi connectivity index (χ3v) is 20.5. The molecular formula is C19H30F2OSn. The predicted molar refractivity (Wildman–Crippen MR) is 96.3 cm³/mol. The second-order valence-corrected chi connectivity index (χ2v) is 19.7. The van der Waals surface area contributed by atoms with Crippen LogP contribution in [0.5, 0.6) is 0 Å². The first-order valence-corrected chi connectivity index (χ1v) is 16.5. The van der Waals surface area contributed by atoms with E-state index in [1.807, 2.05) is 0 Å². The van der Waals surface area contributed by atoms with E-state index in [0.717, 1.165) is 61.5 Å². The van der Waals surface area contributed by atoms with Gasteiger partial charge >= 0.3 is 144 Å². The summed E-state index contributed by atoms with van der Waals surface area (Å²) >= 11 is -2.99. The number of halogens is 2. The molecule has 0 aliphatic heterocycles. The van der Waals surface area contributed by atoms with Gasteiger partial charge in [0.2, 0.25) is 0 Å². The fourth-order valence-corrected chi connectivity index (χ4v) is 20.1. The number of carbonyl (C=O) groups excluding carboxylic acids is 1.